The summed E-state index contributed by atoms with van der Waals surface area (Å²) in [5.74, 6) is -0.171. The zero-order valence-corrected chi connectivity index (χ0v) is 45.8. The van der Waals surface area contributed by atoms with Gasteiger partial charge in [0.15, 0.2) is 8.32 Å². The summed E-state index contributed by atoms with van der Waals surface area (Å²) in [6.07, 6.45) is 2.44. The summed E-state index contributed by atoms with van der Waals surface area (Å²) in [4.78, 5) is 46.3. The lowest BCUT2D eigenvalue weighted by atomic mass is 10.1. The van der Waals surface area contributed by atoms with E-state index in [2.05, 4.69) is 156 Å². The van der Waals surface area contributed by atoms with Crippen molar-refractivity contribution in [2.75, 3.05) is 13.2 Å². The first-order valence-corrected chi connectivity index (χ1v) is 31.0. The SMILES string of the molecule is CC(C)(C)OC(=O)CN1C(=O)[C@@H](N(Cc2ccccc2)Cc2ccccc2)C[C@H]1CC[Si](C)(C)C(C)(C)C.CC(C)(C)[Si](C)(C)OC[C@@H]1C[C@H](N(Cc2ccccc2)Cc2ccccc2)C(=O)N1. The van der Waals surface area contributed by atoms with Crippen molar-refractivity contribution in [3.8, 4) is 0 Å². The van der Waals surface area contributed by atoms with E-state index in [9.17, 15) is 14.4 Å². The van der Waals surface area contributed by atoms with E-state index in [0.717, 1.165) is 38.4 Å². The number of ether oxygens (including phenoxy) is 1. The van der Waals surface area contributed by atoms with Crippen LogP contribution in [0.3, 0.4) is 0 Å². The smallest absolute Gasteiger partial charge is 0.326 e. The number of nitrogens with one attached hydrogen (secondary N) is 1. The maximum absolute atomic E-state index is 14.0. The molecule has 9 nitrogen and oxygen atoms in total. The Morgan fingerprint density at radius 3 is 1.41 bits per heavy atom. The number of carbonyl (C=O) groups is 3. The number of likely N-dealkylation sites (tertiary alicyclic amines) is 1. The third kappa shape index (κ3) is 16.1. The average Bonchev–Trinajstić information content (AvgIpc) is 3.79. The third-order valence-electron chi connectivity index (χ3n) is 14.8. The second-order valence-electron chi connectivity index (χ2n) is 23.4. The summed E-state index contributed by atoms with van der Waals surface area (Å²) in [7, 11) is -3.37. The van der Waals surface area contributed by atoms with Crippen LogP contribution >= 0.6 is 0 Å². The van der Waals surface area contributed by atoms with Gasteiger partial charge < -0.3 is 19.4 Å². The van der Waals surface area contributed by atoms with Gasteiger partial charge in [0.05, 0.1) is 32.8 Å². The molecule has 0 saturated carbocycles. The summed E-state index contributed by atoms with van der Waals surface area (Å²) in [5, 5.41) is 3.64. The lowest BCUT2D eigenvalue weighted by molar-refractivity contribution is -0.159. The molecule has 0 spiro atoms. The van der Waals surface area contributed by atoms with E-state index in [1.807, 2.05) is 74.2 Å². The predicted octanol–water partition coefficient (Wildman–Crippen LogP) is 11.9. The molecule has 2 fully saturated rings. The number of esters is 1. The van der Waals surface area contributed by atoms with Crippen molar-refractivity contribution in [3.05, 3.63) is 144 Å². The maximum atomic E-state index is 14.0. The number of benzene rings is 4. The van der Waals surface area contributed by atoms with Gasteiger partial charge in [-0.05, 0) is 85.5 Å². The normalized spacial score (nSPS) is 19.2. The highest BCUT2D eigenvalue weighted by atomic mass is 28.4. The molecule has 2 amide bonds. The molecule has 2 aliphatic rings. The molecule has 2 heterocycles. The number of rotatable bonds is 18. The van der Waals surface area contributed by atoms with Gasteiger partial charge in [0.25, 0.3) is 0 Å². The molecule has 370 valence electrons. The number of hydrogen-bond donors (Lipinski definition) is 1. The van der Waals surface area contributed by atoms with Crippen LogP contribution in [0, 0.1) is 0 Å². The molecule has 1 N–H and O–H groups in total. The molecule has 0 aromatic heterocycles. The van der Waals surface area contributed by atoms with E-state index in [0.29, 0.717) is 19.7 Å². The largest absolute Gasteiger partial charge is 0.459 e. The van der Waals surface area contributed by atoms with Crippen molar-refractivity contribution in [1.82, 2.24) is 20.0 Å². The van der Waals surface area contributed by atoms with E-state index in [-0.39, 0.29) is 58.6 Å². The number of hydrogen-bond acceptors (Lipinski definition) is 7. The molecule has 11 heteroatoms. The number of nitrogens with zero attached hydrogens (tertiary/aromatic N) is 3. The molecule has 2 saturated heterocycles. The van der Waals surface area contributed by atoms with Crippen LogP contribution < -0.4 is 5.32 Å². The fourth-order valence-corrected chi connectivity index (χ4v) is 11.4. The molecule has 0 radical (unpaired) electrons. The highest BCUT2D eigenvalue weighted by Crippen LogP contribution is 2.41. The predicted molar refractivity (Wildman–Crippen MR) is 284 cm³/mol. The van der Waals surface area contributed by atoms with E-state index < -0.39 is 22.0 Å². The van der Waals surface area contributed by atoms with Gasteiger partial charge in [-0.25, -0.2) is 0 Å². The van der Waals surface area contributed by atoms with Crippen LogP contribution in [-0.2, 0) is 49.7 Å². The van der Waals surface area contributed by atoms with Crippen LogP contribution in [0.25, 0.3) is 0 Å². The molecule has 68 heavy (non-hydrogen) atoms. The van der Waals surface area contributed by atoms with Crippen LogP contribution in [0.2, 0.25) is 42.3 Å². The fourth-order valence-electron chi connectivity index (χ4n) is 8.57. The van der Waals surface area contributed by atoms with Crippen LogP contribution in [-0.4, -0.2) is 91.8 Å². The van der Waals surface area contributed by atoms with Gasteiger partial charge in [0.2, 0.25) is 11.8 Å². The first-order chi connectivity index (χ1) is 31.8. The molecular formula is C57H84N4O5Si2. The molecule has 4 aromatic rings. The lowest BCUT2D eigenvalue weighted by Gasteiger charge is -2.38. The monoisotopic (exact) mass is 961 g/mol. The standard InChI is InChI=1S/C32H48N2O3Si.C25H36N2O2Si/c1-31(2,3)37-29(35)24-34-27(19-20-38(7,8)32(4,5)6)21-28(30(34)36)33(22-25-15-11-9-12-16-25)23-26-17-13-10-14-18-26;1-25(2,3)30(4,5)29-19-22-16-23(24(28)26-22)27(17-20-12-8-6-9-13-20)18-21-14-10-7-11-15-21/h9-18,27-28H,19-24H2,1-8H3;6-15,22-23H,16-19H2,1-5H3,(H,26,28)/t27-,28+;22-,23-/m10/s1. The molecule has 6 rings (SSSR count). The van der Waals surface area contributed by atoms with Gasteiger partial charge in [-0.2, -0.15) is 0 Å². The van der Waals surface area contributed by atoms with E-state index >= 15 is 0 Å². The Balaban J connectivity index is 0.000000261. The molecule has 0 aliphatic carbocycles. The minimum Gasteiger partial charge on any atom is -0.459 e. The van der Waals surface area contributed by atoms with Crippen LogP contribution in [0.5, 0.6) is 0 Å². The van der Waals surface area contributed by atoms with Crippen LogP contribution in [0.15, 0.2) is 121 Å². The van der Waals surface area contributed by atoms with Gasteiger partial charge in [0, 0.05) is 32.2 Å². The minimum atomic E-state index is -1.83. The van der Waals surface area contributed by atoms with Gasteiger partial charge in [-0.15, -0.1) is 0 Å². The van der Waals surface area contributed by atoms with Crippen LogP contribution in [0.4, 0.5) is 0 Å². The van der Waals surface area contributed by atoms with Gasteiger partial charge in [-0.1, -0.05) is 182 Å². The Morgan fingerprint density at radius 1 is 0.618 bits per heavy atom. The average molecular weight is 961 g/mol. The fraction of sp³-hybridized carbons (Fsp3) is 0.526. The van der Waals surface area contributed by atoms with Crippen molar-refractivity contribution < 1.29 is 23.5 Å². The number of carbonyl (C=O) groups excluding carboxylic acids is 3. The number of amides is 2. The summed E-state index contributed by atoms with van der Waals surface area (Å²) in [5.41, 5.74) is 4.23. The molecule has 4 atom stereocenters. The van der Waals surface area contributed by atoms with Crippen molar-refractivity contribution in [1.29, 1.82) is 0 Å². The minimum absolute atomic E-state index is 0.0132. The van der Waals surface area contributed by atoms with Crippen molar-refractivity contribution in [2.45, 2.75) is 180 Å². The molecule has 0 bridgehead atoms. The second-order valence-corrected chi connectivity index (χ2v) is 34.0. The maximum Gasteiger partial charge on any atom is 0.326 e. The lowest BCUT2D eigenvalue weighted by Crippen LogP contribution is -2.45. The van der Waals surface area contributed by atoms with Crippen LogP contribution in [0.1, 0.15) is 104 Å². The first kappa shape index (κ1) is 54.5. The van der Waals surface area contributed by atoms with Gasteiger partial charge in [-0.3, -0.25) is 24.2 Å². The summed E-state index contributed by atoms with van der Waals surface area (Å²) in [6.45, 7) is 32.2. The summed E-state index contributed by atoms with van der Waals surface area (Å²) in [6, 6.07) is 42.3. The quantitative estimate of drug-likeness (QED) is 0.0784. The topological polar surface area (TPSA) is 91.4 Å². The van der Waals surface area contributed by atoms with E-state index in [1.165, 1.54) is 22.3 Å². The Morgan fingerprint density at radius 2 is 1.03 bits per heavy atom. The second kappa shape index (κ2) is 23.5. The summed E-state index contributed by atoms with van der Waals surface area (Å²) < 4.78 is 12.0. The van der Waals surface area contributed by atoms with Crippen molar-refractivity contribution in [2.24, 2.45) is 0 Å². The van der Waals surface area contributed by atoms with E-state index in [1.54, 1.807) is 0 Å². The zero-order chi connectivity index (χ0) is 49.9. The Bertz CT molecular complexity index is 2100. The zero-order valence-electron chi connectivity index (χ0n) is 43.8. The van der Waals surface area contributed by atoms with Crippen molar-refractivity contribution >= 4 is 34.2 Å². The Kier molecular flexibility index (Phi) is 18.8. The molecule has 4 aromatic carbocycles. The van der Waals surface area contributed by atoms with Gasteiger partial charge in [0.1, 0.15) is 12.1 Å². The Labute approximate surface area is 412 Å². The highest BCUT2D eigenvalue weighted by Gasteiger charge is 2.46. The van der Waals surface area contributed by atoms with Crippen molar-refractivity contribution in [3.63, 3.8) is 0 Å². The third-order valence-corrected chi connectivity index (χ3v) is 24.9. The summed E-state index contributed by atoms with van der Waals surface area (Å²) >= 11 is 0. The molecular weight excluding hydrogens is 877 g/mol. The molecule has 2 aliphatic heterocycles. The molecule has 0 unspecified atom stereocenters. The Hall–Kier alpha value is -4.40. The first-order valence-electron chi connectivity index (χ1n) is 24.9. The van der Waals surface area contributed by atoms with E-state index in [4.69, 9.17) is 9.16 Å². The highest BCUT2D eigenvalue weighted by molar-refractivity contribution is 6.80. The van der Waals surface area contributed by atoms with Gasteiger partial charge >= 0.3 is 5.97 Å².